The average molecular weight is 256 g/mol. The van der Waals surface area contributed by atoms with E-state index in [1.165, 1.54) is 12.8 Å². The molecule has 1 aliphatic rings. The van der Waals surface area contributed by atoms with Crippen molar-refractivity contribution in [1.29, 1.82) is 0 Å². The third kappa shape index (κ3) is 5.25. The lowest BCUT2D eigenvalue weighted by Crippen LogP contribution is -2.48. The van der Waals surface area contributed by atoms with Crippen LogP contribution in [0.25, 0.3) is 0 Å². The Kier molecular flexibility index (Phi) is 5.45. The Morgan fingerprint density at radius 3 is 2.67 bits per heavy atom. The molecule has 2 atom stereocenters. The minimum atomic E-state index is -0.322. The molecular weight excluding hydrogens is 228 g/mol. The third-order valence-electron chi connectivity index (χ3n) is 3.36. The molecule has 4 nitrogen and oxygen atoms in total. The number of ether oxygens (including phenoxy) is 1. The molecule has 0 saturated carbocycles. The minimum Gasteiger partial charge on any atom is -0.448 e. The maximum Gasteiger partial charge on any atom is 0.407 e. The second-order valence-corrected chi connectivity index (χ2v) is 6.58. The van der Waals surface area contributed by atoms with Crippen molar-refractivity contribution in [2.75, 3.05) is 13.2 Å². The van der Waals surface area contributed by atoms with Gasteiger partial charge in [0.1, 0.15) is 6.61 Å². The highest BCUT2D eigenvalue weighted by Crippen LogP contribution is 2.24. The summed E-state index contributed by atoms with van der Waals surface area (Å²) in [4.78, 5) is 11.6. The van der Waals surface area contributed by atoms with E-state index in [0.29, 0.717) is 24.5 Å². The molecule has 1 amide bonds. The molecule has 18 heavy (non-hydrogen) atoms. The third-order valence-corrected chi connectivity index (χ3v) is 3.36. The Labute approximate surface area is 111 Å². The Balaban J connectivity index is 2.39. The Bertz CT molecular complexity index is 271. The van der Waals surface area contributed by atoms with Gasteiger partial charge in [0.2, 0.25) is 0 Å². The van der Waals surface area contributed by atoms with Crippen LogP contribution >= 0.6 is 0 Å². The van der Waals surface area contributed by atoms with E-state index in [2.05, 4.69) is 24.5 Å². The summed E-state index contributed by atoms with van der Waals surface area (Å²) in [5, 5.41) is 6.28. The van der Waals surface area contributed by atoms with E-state index in [9.17, 15) is 4.79 Å². The highest BCUT2D eigenvalue weighted by molar-refractivity contribution is 5.68. The standard InChI is InChI=1S/C14H28N2O2/c1-10(2)11-7-6-8-15-12(11)9-18-13(17)16-14(3,4)5/h10-12,15H,6-9H2,1-5H3,(H,16,17)/t11-,12+/m0/s1. The van der Waals surface area contributed by atoms with Crippen molar-refractivity contribution in [2.45, 2.75) is 59.0 Å². The fraction of sp³-hybridized carbons (Fsp3) is 0.929. The lowest BCUT2D eigenvalue weighted by molar-refractivity contribution is 0.0950. The van der Waals surface area contributed by atoms with Gasteiger partial charge in [-0.3, -0.25) is 0 Å². The Morgan fingerprint density at radius 1 is 1.44 bits per heavy atom. The summed E-state index contributed by atoms with van der Waals surface area (Å²) in [5.74, 6) is 1.22. The van der Waals surface area contributed by atoms with Gasteiger partial charge in [-0.15, -0.1) is 0 Å². The molecule has 4 heteroatoms. The van der Waals surface area contributed by atoms with Crippen LogP contribution in [0.15, 0.2) is 0 Å². The second-order valence-electron chi connectivity index (χ2n) is 6.58. The van der Waals surface area contributed by atoms with Crippen LogP contribution in [-0.4, -0.2) is 30.8 Å². The van der Waals surface area contributed by atoms with Gasteiger partial charge in [-0.1, -0.05) is 13.8 Å². The van der Waals surface area contributed by atoms with Gasteiger partial charge < -0.3 is 15.4 Å². The van der Waals surface area contributed by atoms with Crippen LogP contribution in [0.2, 0.25) is 0 Å². The molecule has 1 aliphatic heterocycles. The monoisotopic (exact) mass is 256 g/mol. The summed E-state index contributed by atoms with van der Waals surface area (Å²) in [6.07, 6.45) is 2.12. The summed E-state index contributed by atoms with van der Waals surface area (Å²) in [7, 11) is 0. The average Bonchev–Trinajstić information content (AvgIpc) is 2.24. The lowest BCUT2D eigenvalue weighted by atomic mass is 9.82. The van der Waals surface area contributed by atoms with Gasteiger partial charge in [0.05, 0.1) is 0 Å². The molecule has 1 saturated heterocycles. The first-order valence-electron chi connectivity index (χ1n) is 6.98. The van der Waals surface area contributed by atoms with E-state index >= 15 is 0 Å². The number of piperidine rings is 1. The number of hydrogen-bond acceptors (Lipinski definition) is 3. The molecule has 0 aromatic heterocycles. The lowest BCUT2D eigenvalue weighted by Gasteiger charge is -2.35. The van der Waals surface area contributed by atoms with Crippen molar-refractivity contribution < 1.29 is 9.53 Å². The van der Waals surface area contributed by atoms with Crippen LogP contribution in [-0.2, 0) is 4.74 Å². The quantitative estimate of drug-likeness (QED) is 0.816. The van der Waals surface area contributed by atoms with E-state index < -0.39 is 0 Å². The van der Waals surface area contributed by atoms with E-state index in [1.54, 1.807) is 0 Å². The second kappa shape index (κ2) is 6.41. The van der Waals surface area contributed by atoms with Crippen molar-refractivity contribution in [1.82, 2.24) is 10.6 Å². The van der Waals surface area contributed by atoms with Gasteiger partial charge in [0.25, 0.3) is 0 Å². The molecule has 0 radical (unpaired) electrons. The molecule has 0 spiro atoms. The summed E-state index contributed by atoms with van der Waals surface area (Å²) in [6, 6.07) is 0.296. The Morgan fingerprint density at radius 2 is 2.11 bits per heavy atom. The van der Waals surface area contributed by atoms with Gasteiger partial charge in [-0.25, -0.2) is 4.79 Å². The minimum absolute atomic E-state index is 0.242. The van der Waals surface area contributed by atoms with Crippen molar-refractivity contribution in [3.8, 4) is 0 Å². The smallest absolute Gasteiger partial charge is 0.407 e. The zero-order valence-corrected chi connectivity index (χ0v) is 12.4. The van der Waals surface area contributed by atoms with Gasteiger partial charge in [-0.2, -0.15) is 0 Å². The van der Waals surface area contributed by atoms with Gasteiger partial charge in [0.15, 0.2) is 0 Å². The van der Waals surface area contributed by atoms with Crippen LogP contribution in [0.4, 0.5) is 4.79 Å². The number of amides is 1. The highest BCUT2D eigenvalue weighted by Gasteiger charge is 2.28. The van der Waals surface area contributed by atoms with E-state index in [4.69, 9.17) is 4.74 Å². The van der Waals surface area contributed by atoms with Crippen LogP contribution in [0.1, 0.15) is 47.5 Å². The SMILES string of the molecule is CC(C)[C@@H]1CCCN[C@@H]1COC(=O)NC(C)(C)C. The number of nitrogens with one attached hydrogen (secondary N) is 2. The summed E-state index contributed by atoms with van der Waals surface area (Å²) < 4.78 is 5.33. The first-order chi connectivity index (χ1) is 8.29. The molecule has 0 bridgehead atoms. The number of hydrogen-bond donors (Lipinski definition) is 2. The predicted molar refractivity (Wildman–Crippen MR) is 73.6 cm³/mol. The summed E-state index contributed by atoms with van der Waals surface area (Å²) in [5.41, 5.74) is -0.242. The van der Waals surface area contributed by atoms with Crippen LogP contribution in [0, 0.1) is 11.8 Å². The van der Waals surface area contributed by atoms with E-state index in [-0.39, 0.29) is 11.6 Å². The maximum atomic E-state index is 11.6. The molecule has 1 heterocycles. The highest BCUT2D eigenvalue weighted by atomic mass is 16.5. The van der Waals surface area contributed by atoms with Crippen LogP contribution < -0.4 is 10.6 Å². The zero-order valence-electron chi connectivity index (χ0n) is 12.4. The Hall–Kier alpha value is -0.770. The van der Waals surface area contributed by atoms with Crippen molar-refractivity contribution in [2.24, 2.45) is 11.8 Å². The van der Waals surface area contributed by atoms with Gasteiger partial charge in [0, 0.05) is 11.6 Å². The van der Waals surface area contributed by atoms with Crippen LogP contribution in [0.3, 0.4) is 0 Å². The summed E-state index contributed by atoms with van der Waals surface area (Å²) >= 11 is 0. The predicted octanol–water partition coefficient (Wildman–Crippen LogP) is 2.54. The normalized spacial score (nSPS) is 25.0. The van der Waals surface area contributed by atoms with E-state index in [1.807, 2.05) is 20.8 Å². The topological polar surface area (TPSA) is 50.4 Å². The molecule has 2 N–H and O–H groups in total. The van der Waals surface area contributed by atoms with Crippen molar-refractivity contribution >= 4 is 6.09 Å². The number of carbonyl (C=O) groups excluding carboxylic acids is 1. The largest absolute Gasteiger partial charge is 0.448 e. The molecule has 0 unspecified atom stereocenters. The number of alkyl carbamates (subject to hydrolysis) is 1. The molecule has 0 aromatic rings. The molecule has 106 valence electrons. The summed E-state index contributed by atoms with van der Waals surface area (Å²) in [6.45, 7) is 11.8. The number of rotatable bonds is 3. The fourth-order valence-electron chi connectivity index (χ4n) is 2.47. The fourth-order valence-corrected chi connectivity index (χ4v) is 2.47. The molecule has 0 aliphatic carbocycles. The van der Waals surface area contributed by atoms with Crippen LogP contribution in [0.5, 0.6) is 0 Å². The van der Waals surface area contributed by atoms with E-state index in [0.717, 1.165) is 6.54 Å². The van der Waals surface area contributed by atoms with Gasteiger partial charge >= 0.3 is 6.09 Å². The van der Waals surface area contributed by atoms with Gasteiger partial charge in [-0.05, 0) is 52.0 Å². The molecular formula is C14H28N2O2. The van der Waals surface area contributed by atoms with Crippen molar-refractivity contribution in [3.63, 3.8) is 0 Å². The molecule has 0 aromatic carbocycles. The maximum absolute atomic E-state index is 11.6. The van der Waals surface area contributed by atoms with Crippen molar-refractivity contribution in [3.05, 3.63) is 0 Å². The first-order valence-corrected chi connectivity index (χ1v) is 6.98. The first kappa shape index (κ1) is 15.3. The molecule has 1 fully saturated rings. The zero-order chi connectivity index (χ0) is 13.8. The number of carbonyl (C=O) groups is 1. The molecule has 1 rings (SSSR count).